The summed E-state index contributed by atoms with van der Waals surface area (Å²) in [5.74, 6) is -0.624. The summed E-state index contributed by atoms with van der Waals surface area (Å²) in [4.78, 5) is 4.17. The van der Waals surface area contributed by atoms with Gasteiger partial charge in [-0.3, -0.25) is 4.99 Å². The van der Waals surface area contributed by atoms with Gasteiger partial charge in [0.15, 0.2) is 5.92 Å². The van der Waals surface area contributed by atoms with Crippen LogP contribution in [0.15, 0.2) is 16.6 Å². The summed E-state index contributed by atoms with van der Waals surface area (Å²) >= 11 is 0. The lowest BCUT2D eigenvalue weighted by molar-refractivity contribution is 0.366. The van der Waals surface area contributed by atoms with Gasteiger partial charge in [0, 0.05) is 12.8 Å². The van der Waals surface area contributed by atoms with E-state index in [1.807, 2.05) is 18.2 Å². The molecule has 0 saturated carbocycles. The summed E-state index contributed by atoms with van der Waals surface area (Å²) in [6.07, 6.45) is 3.62. The summed E-state index contributed by atoms with van der Waals surface area (Å²) in [5, 5.41) is 17.7. The van der Waals surface area contributed by atoms with Crippen molar-refractivity contribution in [3.8, 4) is 12.1 Å². The third-order valence-electron chi connectivity index (χ3n) is 2.61. The minimum Gasteiger partial charge on any atom is -0.293 e. The van der Waals surface area contributed by atoms with Gasteiger partial charge < -0.3 is 0 Å². The quantitative estimate of drug-likeness (QED) is 0.654. The summed E-state index contributed by atoms with van der Waals surface area (Å²) < 4.78 is 0. The van der Waals surface area contributed by atoms with Crippen LogP contribution in [0.3, 0.4) is 0 Å². The summed E-state index contributed by atoms with van der Waals surface area (Å²) in [7, 11) is 1.75. The molecule has 0 aliphatic heterocycles. The van der Waals surface area contributed by atoms with Gasteiger partial charge in [0.05, 0.1) is 12.1 Å². The topological polar surface area (TPSA) is 59.9 Å². The Morgan fingerprint density at radius 3 is 2.40 bits per heavy atom. The van der Waals surface area contributed by atoms with Crippen molar-refractivity contribution in [3.63, 3.8) is 0 Å². The van der Waals surface area contributed by atoms with E-state index in [0.717, 1.165) is 24.1 Å². The molecule has 1 aliphatic rings. The molecule has 0 aromatic carbocycles. The van der Waals surface area contributed by atoms with Crippen LogP contribution in [-0.4, -0.2) is 12.8 Å². The molecule has 0 bridgehead atoms. The van der Waals surface area contributed by atoms with Crippen molar-refractivity contribution in [2.45, 2.75) is 26.7 Å². The highest BCUT2D eigenvalue weighted by molar-refractivity contribution is 5.97. The highest BCUT2D eigenvalue weighted by atomic mass is 14.7. The Balaban J connectivity index is 3.05. The molecule has 0 radical (unpaired) electrons. The summed E-state index contributed by atoms with van der Waals surface area (Å²) in [5.41, 5.74) is 1.99. The second kappa shape index (κ2) is 4.28. The van der Waals surface area contributed by atoms with Gasteiger partial charge in [0.1, 0.15) is 0 Å². The average molecular weight is 201 g/mol. The normalized spacial score (nSPS) is 22.0. The predicted octanol–water partition coefficient (Wildman–Crippen LogP) is 2.47. The maximum atomic E-state index is 8.85. The van der Waals surface area contributed by atoms with Crippen molar-refractivity contribution in [2.24, 2.45) is 16.3 Å². The molecule has 0 amide bonds. The van der Waals surface area contributed by atoms with Crippen LogP contribution in [-0.2, 0) is 0 Å². The number of nitriles is 2. The molecule has 1 aliphatic carbocycles. The number of nitrogens with zero attached hydrogens (tertiary/aromatic N) is 3. The second-order valence-electron chi connectivity index (χ2n) is 4.64. The second-order valence-corrected chi connectivity index (χ2v) is 4.64. The first-order chi connectivity index (χ1) is 7.02. The van der Waals surface area contributed by atoms with Gasteiger partial charge in [-0.25, -0.2) is 0 Å². The molecular weight excluding hydrogens is 186 g/mol. The molecule has 0 unspecified atom stereocenters. The largest absolute Gasteiger partial charge is 0.293 e. The number of hydrogen-bond donors (Lipinski definition) is 0. The van der Waals surface area contributed by atoms with Crippen LogP contribution in [0.5, 0.6) is 0 Å². The van der Waals surface area contributed by atoms with Gasteiger partial charge in [-0.15, -0.1) is 0 Å². The Labute approximate surface area is 90.7 Å². The lowest BCUT2D eigenvalue weighted by Gasteiger charge is -2.30. The summed E-state index contributed by atoms with van der Waals surface area (Å²) in [6.45, 7) is 4.27. The van der Waals surface area contributed by atoms with Crippen LogP contribution < -0.4 is 0 Å². The summed E-state index contributed by atoms with van der Waals surface area (Å²) in [6, 6.07) is 4.04. The Bertz CT molecular complexity index is 374. The fourth-order valence-electron chi connectivity index (χ4n) is 1.95. The Morgan fingerprint density at radius 1 is 1.33 bits per heavy atom. The highest BCUT2D eigenvalue weighted by Crippen LogP contribution is 2.36. The zero-order valence-electron chi connectivity index (χ0n) is 9.41. The van der Waals surface area contributed by atoms with E-state index in [1.54, 1.807) is 7.05 Å². The van der Waals surface area contributed by atoms with Crippen LogP contribution in [0.4, 0.5) is 0 Å². The third kappa shape index (κ3) is 2.67. The zero-order valence-corrected chi connectivity index (χ0v) is 9.41. The van der Waals surface area contributed by atoms with Crippen molar-refractivity contribution in [3.05, 3.63) is 11.6 Å². The lowest BCUT2D eigenvalue weighted by Crippen LogP contribution is -2.24. The maximum Gasteiger partial charge on any atom is 0.154 e. The average Bonchev–Trinajstić information content (AvgIpc) is 2.17. The predicted molar refractivity (Wildman–Crippen MR) is 59.2 cm³/mol. The number of hydrogen-bond acceptors (Lipinski definition) is 3. The van der Waals surface area contributed by atoms with E-state index in [-0.39, 0.29) is 5.41 Å². The van der Waals surface area contributed by atoms with E-state index < -0.39 is 5.92 Å². The first-order valence-corrected chi connectivity index (χ1v) is 4.98. The first kappa shape index (κ1) is 11.5. The molecule has 3 nitrogen and oxygen atoms in total. The molecule has 0 aromatic heterocycles. The van der Waals surface area contributed by atoms with E-state index in [9.17, 15) is 0 Å². The SMILES string of the molecule is CN=C1C=C(C(C#N)C#N)CC(C)(C)C1. The zero-order chi connectivity index (χ0) is 11.5. The van der Waals surface area contributed by atoms with Gasteiger partial charge in [0.25, 0.3) is 0 Å². The van der Waals surface area contributed by atoms with E-state index >= 15 is 0 Å². The van der Waals surface area contributed by atoms with Crippen LogP contribution >= 0.6 is 0 Å². The van der Waals surface area contributed by atoms with Crippen molar-refractivity contribution in [1.82, 2.24) is 0 Å². The molecule has 15 heavy (non-hydrogen) atoms. The Morgan fingerprint density at radius 2 is 1.93 bits per heavy atom. The molecule has 0 heterocycles. The lowest BCUT2D eigenvalue weighted by atomic mass is 9.74. The molecule has 1 rings (SSSR count). The Kier molecular flexibility index (Phi) is 3.27. The van der Waals surface area contributed by atoms with Gasteiger partial charge in [0.2, 0.25) is 0 Å². The molecule has 0 spiro atoms. The minimum atomic E-state index is -0.624. The van der Waals surface area contributed by atoms with Crippen molar-refractivity contribution in [2.75, 3.05) is 7.05 Å². The van der Waals surface area contributed by atoms with E-state index in [2.05, 4.69) is 18.8 Å². The molecule has 78 valence electrons. The van der Waals surface area contributed by atoms with E-state index in [0.29, 0.717) is 0 Å². The molecule has 0 aromatic rings. The molecule has 0 fully saturated rings. The van der Waals surface area contributed by atoms with Crippen molar-refractivity contribution >= 4 is 5.71 Å². The number of rotatable bonds is 1. The van der Waals surface area contributed by atoms with Crippen molar-refractivity contribution < 1.29 is 0 Å². The molecular formula is C12H15N3. The van der Waals surface area contributed by atoms with Crippen LogP contribution in [0.2, 0.25) is 0 Å². The van der Waals surface area contributed by atoms with E-state index in [1.165, 1.54) is 0 Å². The van der Waals surface area contributed by atoms with Gasteiger partial charge in [-0.2, -0.15) is 10.5 Å². The van der Waals surface area contributed by atoms with Crippen molar-refractivity contribution in [1.29, 1.82) is 10.5 Å². The maximum absolute atomic E-state index is 8.85. The van der Waals surface area contributed by atoms with Gasteiger partial charge >= 0.3 is 0 Å². The van der Waals surface area contributed by atoms with E-state index in [4.69, 9.17) is 10.5 Å². The van der Waals surface area contributed by atoms with Crippen LogP contribution in [0, 0.1) is 34.0 Å². The van der Waals surface area contributed by atoms with Crippen LogP contribution in [0.1, 0.15) is 26.7 Å². The minimum absolute atomic E-state index is 0.102. The Hall–Kier alpha value is -1.61. The first-order valence-electron chi connectivity index (χ1n) is 4.98. The van der Waals surface area contributed by atoms with Gasteiger partial charge in [-0.1, -0.05) is 13.8 Å². The fraction of sp³-hybridized carbons (Fsp3) is 0.583. The van der Waals surface area contributed by atoms with Crippen LogP contribution in [0.25, 0.3) is 0 Å². The third-order valence-corrected chi connectivity index (χ3v) is 2.61. The standard InChI is InChI=1S/C12H15N3/c1-12(2)5-9(10(7-13)8-14)4-11(6-12)15-3/h4,10H,5-6H2,1-3H3. The number of aliphatic imine (C=N–C) groups is 1. The molecule has 0 atom stereocenters. The smallest absolute Gasteiger partial charge is 0.154 e. The highest BCUT2D eigenvalue weighted by Gasteiger charge is 2.29. The fourth-order valence-corrected chi connectivity index (χ4v) is 1.95. The molecule has 0 saturated heterocycles. The number of allylic oxidation sites excluding steroid dienone is 2. The molecule has 0 N–H and O–H groups in total. The monoisotopic (exact) mass is 201 g/mol. The van der Waals surface area contributed by atoms with Gasteiger partial charge in [-0.05, 0) is 29.9 Å². The molecule has 3 heteroatoms.